The van der Waals surface area contributed by atoms with Crippen LogP contribution in [0.5, 0.6) is 0 Å². The molecule has 0 aromatic rings. The van der Waals surface area contributed by atoms with Gasteiger partial charge in [-0.15, -0.1) is 0 Å². The number of hydrogen-bond donors (Lipinski definition) is 1. The van der Waals surface area contributed by atoms with Gasteiger partial charge in [0.05, 0.1) is 18.6 Å². The van der Waals surface area contributed by atoms with Crippen LogP contribution in [0.15, 0.2) is 0 Å². The third kappa shape index (κ3) is 3.59. The van der Waals surface area contributed by atoms with Crippen LogP contribution in [0.1, 0.15) is 20.8 Å². The molecule has 1 aliphatic heterocycles. The van der Waals surface area contributed by atoms with Crippen LogP contribution in [0.4, 0.5) is 4.79 Å². The van der Waals surface area contributed by atoms with Gasteiger partial charge in [0.25, 0.3) is 0 Å². The number of carboxylic acids is 1. The van der Waals surface area contributed by atoms with Crippen molar-refractivity contribution in [3.05, 3.63) is 0 Å². The van der Waals surface area contributed by atoms with Gasteiger partial charge in [0.1, 0.15) is 0 Å². The van der Waals surface area contributed by atoms with E-state index in [0.29, 0.717) is 26.2 Å². The van der Waals surface area contributed by atoms with Gasteiger partial charge in [-0.1, -0.05) is 6.92 Å². The maximum atomic E-state index is 12.3. The largest absolute Gasteiger partial charge is 0.481 e. The third-order valence-corrected chi connectivity index (χ3v) is 3.80. The average Bonchev–Trinajstić information content (AvgIpc) is 2.27. The monoisotopic (exact) mass is 272 g/mol. The van der Waals surface area contributed by atoms with Crippen molar-refractivity contribution in [2.45, 2.75) is 26.8 Å². The number of rotatable bonds is 6. The Kier molecular flexibility index (Phi) is 5.60. The van der Waals surface area contributed by atoms with E-state index < -0.39 is 11.9 Å². The van der Waals surface area contributed by atoms with E-state index in [0.717, 1.165) is 0 Å². The van der Waals surface area contributed by atoms with Gasteiger partial charge in [-0.25, -0.2) is 4.79 Å². The minimum Gasteiger partial charge on any atom is -0.481 e. The first-order valence-electron chi connectivity index (χ1n) is 6.69. The Bertz CT molecular complexity index is 329. The minimum atomic E-state index is -0.794. The molecule has 0 radical (unpaired) electrons. The first kappa shape index (κ1) is 15.8. The first-order chi connectivity index (χ1) is 8.92. The van der Waals surface area contributed by atoms with Crippen LogP contribution in [0.25, 0.3) is 0 Å². The molecular weight excluding hydrogens is 248 g/mol. The molecule has 0 bridgehead atoms. The maximum Gasteiger partial charge on any atom is 0.320 e. The molecule has 19 heavy (non-hydrogen) atoms. The van der Waals surface area contributed by atoms with E-state index in [1.165, 1.54) is 0 Å². The molecule has 110 valence electrons. The molecule has 1 rings (SSSR count). The summed E-state index contributed by atoms with van der Waals surface area (Å²) in [6.45, 7) is 7.76. The van der Waals surface area contributed by atoms with E-state index in [1.807, 2.05) is 13.8 Å². The summed E-state index contributed by atoms with van der Waals surface area (Å²) in [7, 11) is 1.61. The normalized spacial score (nSPS) is 18.6. The Balaban J connectivity index is 2.49. The molecule has 1 fully saturated rings. The van der Waals surface area contributed by atoms with E-state index in [1.54, 1.807) is 23.8 Å². The van der Waals surface area contributed by atoms with Crippen molar-refractivity contribution in [1.82, 2.24) is 9.80 Å². The highest BCUT2D eigenvalue weighted by Gasteiger charge is 2.39. The van der Waals surface area contributed by atoms with E-state index in [-0.39, 0.29) is 18.0 Å². The molecule has 1 heterocycles. The Morgan fingerprint density at radius 2 is 2.00 bits per heavy atom. The number of likely N-dealkylation sites (N-methyl/N-ethyl adjacent to an activating group) is 1. The molecule has 6 heteroatoms. The molecule has 2 atom stereocenters. The smallest absolute Gasteiger partial charge is 0.320 e. The van der Waals surface area contributed by atoms with Gasteiger partial charge < -0.3 is 19.6 Å². The minimum absolute atomic E-state index is 0.0263. The maximum absolute atomic E-state index is 12.3. The fourth-order valence-electron chi connectivity index (χ4n) is 2.34. The van der Waals surface area contributed by atoms with Crippen molar-refractivity contribution < 1.29 is 19.4 Å². The number of aliphatic carboxylic acids is 1. The summed E-state index contributed by atoms with van der Waals surface area (Å²) in [6.07, 6.45) is 0. The number of likely N-dealkylation sites (tertiary alicyclic amines) is 1. The lowest BCUT2D eigenvalue weighted by Crippen LogP contribution is -2.59. The molecule has 0 spiro atoms. The van der Waals surface area contributed by atoms with Gasteiger partial charge in [0.2, 0.25) is 0 Å². The van der Waals surface area contributed by atoms with Crippen LogP contribution in [-0.2, 0) is 9.53 Å². The number of hydrogen-bond acceptors (Lipinski definition) is 3. The molecule has 0 aromatic heterocycles. The summed E-state index contributed by atoms with van der Waals surface area (Å²) in [5.74, 6) is -1.12. The number of carboxylic acid groups (broad SMARTS) is 1. The van der Waals surface area contributed by atoms with Crippen molar-refractivity contribution >= 4 is 12.0 Å². The lowest BCUT2D eigenvalue weighted by Gasteiger charge is -2.44. The molecule has 0 saturated carbocycles. The summed E-state index contributed by atoms with van der Waals surface area (Å²) in [4.78, 5) is 26.6. The fourth-order valence-corrected chi connectivity index (χ4v) is 2.34. The quantitative estimate of drug-likeness (QED) is 0.786. The fraction of sp³-hybridized carbons (Fsp3) is 0.846. The predicted molar refractivity (Wildman–Crippen MR) is 71.0 cm³/mol. The van der Waals surface area contributed by atoms with Crippen molar-refractivity contribution in [2.75, 3.05) is 33.4 Å². The zero-order chi connectivity index (χ0) is 14.6. The van der Waals surface area contributed by atoms with Gasteiger partial charge >= 0.3 is 12.0 Å². The zero-order valence-electron chi connectivity index (χ0n) is 12.1. The number of amides is 2. The van der Waals surface area contributed by atoms with Crippen molar-refractivity contribution in [3.63, 3.8) is 0 Å². The molecule has 2 amide bonds. The van der Waals surface area contributed by atoms with Crippen LogP contribution in [-0.4, -0.2) is 66.3 Å². The number of nitrogens with zero attached hydrogens (tertiary/aromatic N) is 2. The number of carbonyl (C=O) groups is 2. The van der Waals surface area contributed by atoms with Crippen LogP contribution >= 0.6 is 0 Å². The van der Waals surface area contributed by atoms with Crippen LogP contribution < -0.4 is 0 Å². The molecule has 0 aromatic carbocycles. The van der Waals surface area contributed by atoms with E-state index in [2.05, 4.69) is 0 Å². The van der Waals surface area contributed by atoms with Crippen LogP contribution in [0.3, 0.4) is 0 Å². The number of methoxy groups -OCH3 is 1. The second-order valence-electron chi connectivity index (χ2n) is 5.16. The second kappa shape index (κ2) is 6.75. The molecule has 1 N–H and O–H groups in total. The summed E-state index contributed by atoms with van der Waals surface area (Å²) in [6, 6.07) is -0.000615. The van der Waals surface area contributed by atoms with Crippen molar-refractivity contribution in [1.29, 1.82) is 0 Å². The molecule has 6 nitrogen and oxygen atoms in total. The molecule has 1 aliphatic rings. The average molecular weight is 272 g/mol. The molecule has 0 aliphatic carbocycles. The van der Waals surface area contributed by atoms with Crippen molar-refractivity contribution in [2.24, 2.45) is 11.8 Å². The summed E-state index contributed by atoms with van der Waals surface area (Å²) in [5, 5.41) is 8.93. The second-order valence-corrected chi connectivity index (χ2v) is 5.16. The Morgan fingerprint density at radius 1 is 1.42 bits per heavy atom. The Morgan fingerprint density at radius 3 is 2.42 bits per heavy atom. The highest BCUT2D eigenvalue weighted by Crippen LogP contribution is 2.25. The Labute approximate surface area is 114 Å². The molecular formula is C13H24N2O4. The summed E-state index contributed by atoms with van der Waals surface area (Å²) in [5.41, 5.74) is 0. The molecule has 1 saturated heterocycles. The first-order valence-corrected chi connectivity index (χ1v) is 6.69. The van der Waals surface area contributed by atoms with Gasteiger partial charge in [-0.2, -0.15) is 0 Å². The number of carbonyl (C=O) groups excluding carboxylic acids is 1. The standard InChI is InChI=1S/C13H24N2O4/c1-5-15(9(2)8-19-4)13(18)14-6-11(7-14)10(3)12(16)17/h9-11H,5-8H2,1-4H3,(H,16,17). The van der Waals surface area contributed by atoms with E-state index in [4.69, 9.17) is 9.84 Å². The van der Waals surface area contributed by atoms with Gasteiger partial charge in [0.15, 0.2) is 0 Å². The van der Waals surface area contributed by atoms with Gasteiger partial charge in [0, 0.05) is 32.7 Å². The van der Waals surface area contributed by atoms with Crippen LogP contribution in [0, 0.1) is 11.8 Å². The van der Waals surface area contributed by atoms with Gasteiger partial charge in [-0.05, 0) is 13.8 Å². The lowest BCUT2D eigenvalue weighted by molar-refractivity contribution is -0.145. The van der Waals surface area contributed by atoms with E-state index >= 15 is 0 Å². The number of ether oxygens (including phenoxy) is 1. The van der Waals surface area contributed by atoms with Crippen molar-refractivity contribution in [3.8, 4) is 0 Å². The molecule has 2 unspecified atom stereocenters. The van der Waals surface area contributed by atoms with Gasteiger partial charge in [-0.3, -0.25) is 4.79 Å². The summed E-state index contributed by atoms with van der Waals surface area (Å²) >= 11 is 0. The third-order valence-electron chi connectivity index (χ3n) is 3.80. The highest BCUT2D eigenvalue weighted by molar-refractivity contribution is 5.76. The number of urea groups is 1. The highest BCUT2D eigenvalue weighted by atomic mass is 16.5. The lowest BCUT2D eigenvalue weighted by atomic mass is 9.87. The summed E-state index contributed by atoms with van der Waals surface area (Å²) < 4.78 is 5.07. The van der Waals surface area contributed by atoms with Crippen LogP contribution in [0.2, 0.25) is 0 Å². The topological polar surface area (TPSA) is 70.1 Å². The zero-order valence-corrected chi connectivity index (χ0v) is 12.1. The Hall–Kier alpha value is -1.30. The SMILES string of the molecule is CCN(C(=O)N1CC(C(C)C(=O)O)C1)C(C)COC. The van der Waals surface area contributed by atoms with E-state index in [9.17, 15) is 9.59 Å². The predicted octanol–water partition coefficient (Wildman–Crippen LogP) is 1.12.